The van der Waals surface area contributed by atoms with Gasteiger partial charge in [0.15, 0.2) is 0 Å². The average Bonchev–Trinajstić information content (AvgIpc) is 3.18. The predicted molar refractivity (Wildman–Crippen MR) is 134 cm³/mol. The Balaban J connectivity index is 1.68. The minimum atomic E-state index is -0.940. The molecule has 4 aromatic rings. The number of benzene rings is 3. The van der Waals surface area contributed by atoms with Crippen molar-refractivity contribution in [3.8, 4) is 11.1 Å². The van der Waals surface area contributed by atoms with Gasteiger partial charge in [0.2, 0.25) is 5.91 Å². The number of hydrogen-bond donors (Lipinski definition) is 2. The molecular formula is C27H28N4O3. The van der Waals surface area contributed by atoms with E-state index < -0.39 is 5.97 Å². The van der Waals surface area contributed by atoms with E-state index in [1.54, 1.807) is 12.1 Å². The summed E-state index contributed by atoms with van der Waals surface area (Å²) < 4.78 is 2.20. The van der Waals surface area contributed by atoms with Gasteiger partial charge >= 0.3 is 5.97 Å². The summed E-state index contributed by atoms with van der Waals surface area (Å²) in [5.41, 5.74) is 5.31. The molecule has 0 fully saturated rings. The quantitative estimate of drug-likeness (QED) is 0.220. The van der Waals surface area contributed by atoms with Gasteiger partial charge in [-0.25, -0.2) is 20.6 Å². The largest absolute Gasteiger partial charge is 0.478 e. The van der Waals surface area contributed by atoms with Gasteiger partial charge in [0.1, 0.15) is 5.82 Å². The van der Waals surface area contributed by atoms with Gasteiger partial charge < -0.3 is 9.67 Å². The molecule has 0 aliphatic rings. The number of carboxylic acid groups (broad SMARTS) is 1. The van der Waals surface area contributed by atoms with Crippen molar-refractivity contribution in [3.05, 3.63) is 83.7 Å². The number of carboxylic acids is 1. The van der Waals surface area contributed by atoms with Crippen LogP contribution in [0.1, 0.15) is 48.4 Å². The van der Waals surface area contributed by atoms with E-state index in [-0.39, 0.29) is 11.5 Å². The minimum Gasteiger partial charge on any atom is -0.478 e. The lowest BCUT2D eigenvalue weighted by atomic mass is 9.99. The number of amides is 1. The predicted octanol–water partition coefficient (Wildman–Crippen LogP) is 5.02. The number of rotatable bonds is 8. The fourth-order valence-electron chi connectivity index (χ4n) is 4.10. The Hall–Kier alpha value is -3.97. The SMILES string of the molecule is CCCCc1nc2cc(N(N)C(C)=O)ccc2n1Cc1ccc(-c2ccccc2C(=O)O)cc1. The molecule has 0 saturated carbocycles. The third-order valence-corrected chi connectivity index (χ3v) is 5.95. The van der Waals surface area contributed by atoms with Crippen molar-refractivity contribution in [1.82, 2.24) is 9.55 Å². The molecule has 174 valence electrons. The molecule has 7 heteroatoms. The highest BCUT2D eigenvalue weighted by atomic mass is 16.4. The van der Waals surface area contributed by atoms with E-state index in [2.05, 4.69) is 11.5 Å². The second-order valence-electron chi connectivity index (χ2n) is 8.33. The lowest BCUT2D eigenvalue weighted by Crippen LogP contribution is -2.35. The van der Waals surface area contributed by atoms with Crippen LogP contribution in [0.15, 0.2) is 66.7 Å². The first-order valence-electron chi connectivity index (χ1n) is 11.3. The van der Waals surface area contributed by atoms with Gasteiger partial charge in [0.05, 0.1) is 22.3 Å². The first-order valence-corrected chi connectivity index (χ1v) is 11.3. The number of fused-ring (bicyclic) bond motifs is 1. The number of nitrogens with zero attached hydrogens (tertiary/aromatic N) is 3. The normalized spacial score (nSPS) is 11.0. The molecule has 0 saturated heterocycles. The lowest BCUT2D eigenvalue weighted by molar-refractivity contribution is -0.116. The number of hydrazine groups is 1. The molecule has 34 heavy (non-hydrogen) atoms. The number of anilines is 1. The maximum absolute atomic E-state index is 11.7. The van der Waals surface area contributed by atoms with Gasteiger partial charge in [-0.2, -0.15) is 0 Å². The van der Waals surface area contributed by atoms with Crippen molar-refractivity contribution in [3.63, 3.8) is 0 Å². The maximum Gasteiger partial charge on any atom is 0.336 e. The third kappa shape index (κ3) is 4.70. The molecule has 0 aliphatic heterocycles. The molecule has 7 nitrogen and oxygen atoms in total. The number of hydrogen-bond acceptors (Lipinski definition) is 4. The Kier molecular flexibility index (Phi) is 6.75. The van der Waals surface area contributed by atoms with Gasteiger partial charge in [-0.15, -0.1) is 0 Å². The summed E-state index contributed by atoms with van der Waals surface area (Å²) in [7, 11) is 0. The van der Waals surface area contributed by atoms with Crippen LogP contribution < -0.4 is 10.9 Å². The van der Waals surface area contributed by atoms with Crippen molar-refractivity contribution in [2.45, 2.75) is 39.7 Å². The Labute approximate surface area is 198 Å². The average molecular weight is 457 g/mol. The van der Waals surface area contributed by atoms with Crippen LogP contribution in [0.2, 0.25) is 0 Å². The smallest absolute Gasteiger partial charge is 0.336 e. The van der Waals surface area contributed by atoms with Crippen molar-refractivity contribution in [1.29, 1.82) is 0 Å². The molecule has 0 bridgehead atoms. The Bertz CT molecular complexity index is 1340. The molecule has 3 aromatic carbocycles. The highest BCUT2D eigenvalue weighted by Gasteiger charge is 2.15. The van der Waals surface area contributed by atoms with E-state index in [4.69, 9.17) is 10.8 Å². The zero-order valence-corrected chi connectivity index (χ0v) is 19.4. The number of aryl methyl sites for hydroxylation is 1. The lowest BCUT2D eigenvalue weighted by Gasteiger charge is -2.14. The van der Waals surface area contributed by atoms with Crippen LogP contribution in [0.25, 0.3) is 22.2 Å². The molecule has 0 atom stereocenters. The second-order valence-corrected chi connectivity index (χ2v) is 8.33. The molecule has 0 radical (unpaired) electrons. The molecule has 0 aliphatic carbocycles. The summed E-state index contributed by atoms with van der Waals surface area (Å²) in [5.74, 6) is 5.69. The highest BCUT2D eigenvalue weighted by molar-refractivity contribution is 5.96. The van der Waals surface area contributed by atoms with Gasteiger partial charge in [0, 0.05) is 19.9 Å². The molecule has 1 heterocycles. The first-order chi connectivity index (χ1) is 16.4. The van der Waals surface area contributed by atoms with Crippen LogP contribution in [0, 0.1) is 0 Å². The van der Waals surface area contributed by atoms with Crippen LogP contribution in [-0.4, -0.2) is 26.5 Å². The molecule has 0 spiro atoms. The molecule has 1 amide bonds. The van der Waals surface area contributed by atoms with E-state index in [0.717, 1.165) is 52.3 Å². The number of nitrogens with two attached hydrogens (primary N) is 1. The van der Waals surface area contributed by atoms with Crippen molar-refractivity contribution >= 4 is 28.6 Å². The van der Waals surface area contributed by atoms with Crippen molar-refractivity contribution in [2.75, 3.05) is 5.01 Å². The maximum atomic E-state index is 11.7. The first kappa shape index (κ1) is 23.2. The number of aromatic nitrogens is 2. The van der Waals surface area contributed by atoms with Crippen molar-refractivity contribution in [2.24, 2.45) is 5.84 Å². The number of carbonyl (C=O) groups excluding carboxylic acids is 1. The Morgan fingerprint density at radius 1 is 1.06 bits per heavy atom. The Morgan fingerprint density at radius 3 is 2.47 bits per heavy atom. The second kappa shape index (κ2) is 9.89. The van der Waals surface area contributed by atoms with Gasteiger partial charge in [0.25, 0.3) is 0 Å². The monoisotopic (exact) mass is 456 g/mol. The molecule has 0 unspecified atom stereocenters. The highest BCUT2D eigenvalue weighted by Crippen LogP contribution is 2.27. The van der Waals surface area contributed by atoms with Crippen LogP contribution >= 0.6 is 0 Å². The number of carbonyl (C=O) groups is 2. The minimum absolute atomic E-state index is 0.241. The van der Waals surface area contributed by atoms with E-state index >= 15 is 0 Å². The summed E-state index contributed by atoms with van der Waals surface area (Å²) in [6.45, 7) is 4.21. The fraction of sp³-hybridized carbons (Fsp3) is 0.222. The summed E-state index contributed by atoms with van der Waals surface area (Å²) >= 11 is 0. The number of imidazole rings is 1. The van der Waals surface area contributed by atoms with E-state index in [0.29, 0.717) is 17.8 Å². The zero-order chi connectivity index (χ0) is 24.2. The van der Waals surface area contributed by atoms with Crippen LogP contribution in [0.4, 0.5) is 5.69 Å². The number of unbranched alkanes of at least 4 members (excludes halogenated alkanes) is 1. The fourth-order valence-corrected chi connectivity index (χ4v) is 4.10. The summed E-state index contributed by atoms with van der Waals surface area (Å²) in [6.07, 6.45) is 2.94. The molecule has 1 aromatic heterocycles. The van der Waals surface area contributed by atoms with E-state index in [1.165, 1.54) is 6.92 Å². The van der Waals surface area contributed by atoms with Crippen molar-refractivity contribution < 1.29 is 14.7 Å². The number of aromatic carboxylic acids is 1. The summed E-state index contributed by atoms with van der Waals surface area (Å²) in [6, 6.07) is 20.6. The van der Waals surface area contributed by atoms with E-state index in [1.807, 2.05) is 54.6 Å². The third-order valence-electron chi connectivity index (χ3n) is 5.95. The van der Waals surface area contributed by atoms with E-state index in [9.17, 15) is 14.7 Å². The van der Waals surface area contributed by atoms with Crippen LogP contribution in [0.3, 0.4) is 0 Å². The molecule has 3 N–H and O–H groups in total. The van der Waals surface area contributed by atoms with Crippen LogP contribution in [0.5, 0.6) is 0 Å². The van der Waals surface area contributed by atoms with Gasteiger partial charge in [-0.3, -0.25) is 4.79 Å². The summed E-state index contributed by atoms with van der Waals surface area (Å²) in [5, 5.41) is 10.6. The Morgan fingerprint density at radius 2 is 1.79 bits per heavy atom. The standard InChI is InChI=1S/C27H28N4O3/c1-3-4-9-26-29-24-16-21(31(28)18(2)32)14-15-25(24)30(26)17-19-10-12-20(13-11-19)22-7-5-6-8-23(22)27(33)34/h5-8,10-16H,3-4,9,17,28H2,1-2H3,(H,33,34). The zero-order valence-electron chi connectivity index (χ0n) is 19.4. The summed E-state index contributed by atoms with van der Waals surface area (Å²) in [4.78, 5) is 28.1. The van der Waals surface area contributed by atoms with Gasteiger partial charge in [-0.05, 0) is 47.4 Å². The molecule has 4 rings (SSSR count). The van der Waals surface area contributed by atoms with Gasteiger partial charge in [-0.1, -0.05) is 55.8 Å². The molecular weight excluding hydrogens is 428 g/mol. The topological polar surface area (TPSA) is 101 Å². The van der Waals surface area contributed by atoms with Crippen LogP contribution in [-0.2, 0) is 17.8 Å².